The number of ketones is 1. The zero-order valence-corrected chi connectivity index (χ0v) is 10.6. The van der Waals surface area contributed by atoms with E-state index < -0.39 is 0 Å². The van der Waals surface area contributed by atoms with Gasteiger partial charge in [-0.2, -0.15) is 0 Å². The second kappa shape index (κ2) is 4.74. The Labute approximate surface area is 102 Å². The molecule has 0 atom stereocenters. The summed E-state index contributed by atoms with van der Waals surface area (Å²) in [6, 6.07) is 7.99. The summed E-state index contributed by atoms with van der Waals surface area (Å²) in [7, 11) is 0. The Bertz CT molecular complexity index is 535. The van der Waals surface area contributed by atoms with Crippen LogP contribution in [0, 0.1) is 5.92 Å². The molecule has 2 aromatic rings. The minimum atomic E-state index is -0.0225. The van der Waals surface area contributed by atoms with Gasteiger partial charge >= 0.3 is 0 Å². The van der Waals surface area contributed by atoms with Crippen LogP contribution in [0.15, 0.2) is 28.7 Å². The number of hydrogen-bond acceptors (Lipinski definition) is 2. The number of hydrogen-bond donors (Lipinski definition) is 0. The highest BCUT2D eigenvalue weighted by molar-refractivity contribution is 5.98. The molecule has 0 saturated carbocycles. The molecule has 0 aliphatic heterocycles. The monoisotopic (exact) mass is 230 g/mol. The molecule has 90 valence electrons. The molecule has 17 heavy (non-hydrogen) atoms. The summed E-state index contributed by atoms with van der Waals surface area (Å²) < 4.78 is 5.57. The van der Waals surface area contributed by atoms with Crippen LogP contribution in [0.5, 0.6) is 0 Å². The van der Waals surface area contributed by atoms with E-state index in [1.165, 1.54) is 5.56 Å². The van der Waals surface area contributed by atoms with E-state index in [-0.39, 0.29) is 11.7 Å². The van der Waals surface area contributed by atoms with E-state index in [9.17, 15) is 4.79 Å². The highest BCUT2D eigenvalue weighted by Crippen LogP contribution is 2.23. The number of furan rings is 1. The van der Waals surface area contributed by atoms with Crippen molar-refractivity contribution in [1.29, 1.82) is 0 Å². The second-order valence-electron chi connectivity index (χ2n) is 4.75. The predicted octanol–water partition coefficient (Wildman–Crippen LogP) is 4.22. The van der Waals surface area contributed by atoms with Crippen LogP contribution in [0.25, 0.3) is 11.0 Å². The molecule has 2 rings (SSSR count). The third kappa shape index (κ3) is 2.41. The maximum Gasteiger partial charge on any atom is 0.200 e. The van der Waals surface area contributed by atoms with E-state index in [0.717, 1.165) is 23.8 Å². The largest absolute Gasteiger partial charge is 0.453 e. The van der Waals surface area contributed by atoms with Crippen LogP contribution in [0.2, 0.25) is 0 Å². The van der Waals surface area contributed by atoms with Crippen molar-refractivity contribution in [3.05, 3.63) is 35.6 Å². The molecule has 0 fully saturated rings. The molecular weight excluding hydrogens is 212 g/mol. The SMILES string of the molecule is CCCc1ccc2oc(C(=O)C(C)C)cc2c1. The Morgan fingerprint density at radius 3 is 2.71 bits per heavy atom. The van der Waals surface area contributed by atoms with Gasteiger partial charge < -0.3 is 4.42 Å². The lowest BCUT2D eigenvalue weighted by molar-refractivity contribution is 0.0913. The Morgan fingerprint density at radius 1 is 1.29 bits per heavy atom. The third-order valence-electron chi connectivity index (χ3n) is 2.89. The van der Waals surface area contributed by atoms with Gasteiger partial charge in [-0.15, -0.1) is 0 Å². The normalized spacial score (nSPS) is 11.3. The van der Waals surface area contributed by atoms with Crippen molar-refractivity contribution >= 4 is 16.8 Å². The summed E-state index contributed by atoms with van der Waals surface area (Å²) in [6.07, 6.45) is 2.19. The first kappa shape index (κ1) is 11.9. The first-order chi connectivity index (χ1) is 8.11. The lowest BCUT2D eigenvalue weighted by Crippen LogP contribution is -2.05. The van der Waals surface area contributed by atoms with E-state index in [1.807, 2.05) is 26.0 Å². The van der Waals surface area contributed by atoms with Crippen LogP contribution in [0.1, 0.15) is 43.3 Å². The molecule has 2 nitrogen and oxygen atoms in total. The number of fused-ring (bicyclic) bond motifs is 1. The minimum absolute atomic E-state index is 0.0225. The molecule has 1 aromatic carbocycles. The van der Waals surface area contributed by atoms with Crippen LogP contribution < -0.4 is 0 Å². The van der Waals surface area contributed by atoms with Gasteiger partial charge in [-0.25, -0.2) is 0 Å². The first-order valence-corrected chi connectivity index (χ1v) is 6.18. The van der Waals surface area contributed by atoms with Crippen molar-refractivity contribution in [3.63, 3.8) is 0 Å². The van der Waals surface area contributed by atoms with Crippen molar-refractivity contribution in [1.82, 2.24) is 0 Å². The van der Waals surface area contributed by atoms with Crippen molar-refractivity contribution in [2.24, 2.45) is 5.92 Å². The first-order valence-electron chi connectivity index (χ1n) is 6.18. The van der Waals surface area contributed by atoms with Crippen LogP contribution in [0.3, 0.4) is 0 Å². The van der Waals surface area contributed by atoms with E-state index in [2.05, 4.69) is 19.1 Å². The molecule has 1 heterocycles. The minimum Gasteiger partial charge on any atom is -0.453 e. The van der Waals surface area contributed by atoms with Crippen molar-refractivity contribution < 1.29 is 9.21 Å². The molecule has 0 amide bonds. The number of carbonyl (C=O) groups is 1. The molecule has 0 aliphatic rings. The fourth-order valence-corrected chi connectivity index (χ4v) is 1.94. The van der Waals surface area contributed by atoms with Crippen LogP contribution in [-0.2, 0) is 6.42 Å². The Balaban J connectivity index is 2.40. The molecule has 0 N–H and O–H groups in total. The molecule has 0 bridgehead atoms. The van der Waals surface area contributed by atoms with Crippen molar-refractivity contribution in [2.45, 2.75) is 33.6 Å². The summed E-state index contributed by atoms with van der Waals surface area (Å²) in [4.78, 5) is 11.8. The lowest BCUT2D eigenvalue weighted by atomic mass is 10.1. The highest BCUT2D eigenvalue weighted by atomic mass is 16.3. The number of aryl methyl sites for hydroxylation is 1. The molecule has 2 heteroatoms. The number of benzene rings is 1. The zero-order chi connectivity index (χ0) is 12.4. The molecular formula is C15H18O2. The Hall–Kier alpha value is -1.57. The molecule has 0 radical (unpaired) electrons. The molecule has 1 aromatic heterocycles. The average molecular weight is 230 g/mol. The van der Waals surface area contributed by atoms with Gasteiger partial charge in [-0.1, -0.05) is 33.3 Å². The van der Waals surface area contributed by atoms with Crippen LogP contribution in [-0.4, -0.2) is 5.78 Å². The molecule has 0 saturated heterocycles. The zero-order valence-electron chi connectivity index (χ0n) is 10.6. The lowest BCUT2D eigenvalue weighted by Gasteiger charge is -1.98. The fraction of sp³-hybridized carbons (Fsp3) is 0.400. The smallest absolute Gasteiger partial charge is 0.200 e. The van der Waals surface area contributed by atoms with Crippen LogP contribution >= 0.6 is 0 Å². The van der Waals surface area contributed by atoms with Gasteiger partial charge in [-0.05, 0) is 30.2 Å². The second-order valence-corrected chi connectivity index (χ2v) is 4.75. The van der Waals surface area contributed by atoms with Gasteiger partial charge in [0.25, 0.3) is 0 Å². The fourth-order valence-electron chi connectivity index (χ4n) is 1.94. The standard InChI is InChI=1S/C15H18O2/c1-4-5-11-6-7-13-12(8-11)9-14(17-13)15(16)10(2)3/h6-10H,4-5H2,1-3H3. The molecule has 0 unspecified atom stereocenters. The quantitative estimate of drug-likeness (QED) is 0.736. The van der Waals surface area contributed by atoms with Gasteiger partial charge in [0.1, 0.15) is 5.58 Å². The Morgan fingerprint density at radius 2 is 2.06 bits per heavy atom. The van der Waals surface area contributed by atoms with Crippen molar-refractivity contribution in [3.8, 4) is 0 Å². The highest BCUT2D eigenvalue weighted by Gasteiger charge is 2.15. The van der Waals surface area contributed by atoms with E-state index in [4.69, 9.17) is 4.42 Å². The van der Waals surface area contributed by atoms with E-state index in [1.54, 1.807) is 0 Å². The van der Waals surface area contributed by atoms with E-state index >= 15 is 0 Å². The third-order valence-corrected chi connectivity index (χ3v) is 2.89. The summed E-state index contributed by atoms with van der Waals surface area (Å²) in [5, 5.41) is 1.03. The van der Waals surface area contributed by atoms with Crippen molar-refractivity contribution in [2.75, 3.05) is 0 Å². The van der Waals surface area contributed by atoms with Gasteiger partial charge in [-0.3, -0.25) is 4.79 Å². The molecule has 0 aliphatic carbocycles. The molecule has 0 spiro atoms. The Kier molecular flexibility index (Phi) is 3.32. The number of carbonyl (C=O) groups excluding carboxylic acids is 1. The summed E-state index contributed by atoms with van der Waals surface area (Å²) in [6.45, 7) is 5.93. The predicted molar refractivity (Wildman–Crippen MR) is 69.4 cm³/mol. The van der Waals surface area contributed by atoms with Gasteiger partial charge in [0.15, 0.2) is 5.76 Å². The van der Waals surface area contributed by atoms with E-state index in [0.29, 0.717) is 5.76 Å². The maximum absolute atomic E-state index is 11.8. The van der Waals surface area contributed by atoms with Gasteiger partial charge in [0.05, 0.1) is 0 Å². The summed E-state index contributed by atoms with van der Waals surface area (Å²) in [5.41, 5.74) is 2.10. The summed E-state index contributed by atoms with van der Waals surface area (Å²) in [5.74, 6) is 0.521. The topological polar surface area (TPSA) is 30.2 Å². The number of rotatable bonds is 4. The van der Waals surface area contributed by atoms with Crippen LogP contribution in [0.4, 0.5) is 0 Å². The average Bonchev–Trinajstić information content (AvgIpc) is 2.71. The van der Waals surface area contributed by atoms with Gasteiger partial charge in [0, 0.05) is 11.3 Å². The summed E-state index contributed by atoms with van der Waals surface area (Å²) >= 11 is 0. The maximum atomic E-state index is 11.8. The van der Waals surface area contributed by atoms with Gasteiger partial charge in [0.2, 0.25) is 5.78 Å². The number of Topliss-reactive ketones (excluding diaryl/α,β-unsaturated/α-hetero) is 1.